The van der Waals surface area contributed by atoms with Gasteiger partial charge in [-0.2, -0.15) is 0 Å². The zero-order chi connectivity index (χ0) is 20.7. The Labute approximate surface area is 170 Å². The van der Waals surface area contributed by atoms with Crippen LogP contribution in [0.15, 0.2) is 29.2 Å². The lowest BCUT2D eigenvalue weighted by Gasteiger charge is -2.36. The van der Waals surface area contributed by atoms with Crippen LogP contribution in [-0.4, -0.2) is 34.1 Å². The van der Waals surface area contributed by atoms with E-state index in [0.29, 0.717) is 13.0 Å². The standard InChI is InChI=1S/C20H18ClFN2O5/c21-13-5-1-3-10(15(13)22)7-23-20(28)12-8-24-9-14-11(4-2-6-29-14)17(25)16(24)19(27)18(12)26/h1,3,5,8,11,14,27H,2,4,6-7,9H2,(H,23,28)/t11-,14+/m0/s1. The number of nitrogens with zero attached hydrogens (tertiary/aromatic N) is 1. The summed E-state index contributed by atoms with van der Waals surface area (Å²) in [5.41, 5.74) is -1.22. The van der Waals surface area contributed by atoms with Gasteiger partial charge in [-0.1, -0.05) is 23.7 Å². The molecule has 0 saturated carbocycles. The number of aromatic hydroxyl groups is 1. The van der Waals surface area contributed by atoms with Crippen LogP contribution < -0.4 is 10.7 Å². The van der Waals surface area contributed by atoms with Gasteiger partial charge in [0, 0.05) is 31.5 Å². The molecular weight excluding hydrogens is 403 g/mol. The Balaban J connectivity index is 1.63. The Morgan fingerprint density at radius 1 is 1.38 bits per heavy atom. The van der Waals surface area contributed by atoms with Crippen molar-refractivity contribution in [1.82, 2.24) is 9.88 Å². The lowest BCUT2D eigenvalue weighted by molar-refractivity contribution is -0.0337. The third kappa shape index (κ3) is 3.42. The van der Waals surface area contributed by atoms with Crippen molar-refractivity contribution in [2.45, 2.75) is 32.0 Å². The summed E-state index contributed by atoms with van der Waals surface area (Å²) in [4.78, 5) is 37.8. The van der Waals surface area contributed by atoms with Crippen molar-refractivity contribution in [2.75, 3.05) is 6.61 Å². The Morgan fingerprint density at radius 2 is 2.17 bits per heavy atom. The highest BCUT2D eigenvalue weighted by Gasteiger charge is 2.40. The molecule has 0 bridgehead atoms. The minimum Gasteiger partial charge on any atom is -0.503 e. The number of aromatic nitrogens is 1. The fourth-order valence-corrected chi connectivity index (χ4v) is 4.05. The maximum absolute atomic E-state index is 14.0. The van der Waals surface area contributed by atoms with E-state index in [1.807, 2.05) is 0 Å². The molecule has 3 heterocycles. The van der Waals surface area contributed by atoms with Crippen molar-refractivity contribution in [3.8, 4) is 5.75 Å². The van der Waals surface area contributed by atoms with Gasteiger partial charge in [0.15, 0.2) is 11.5 Å². The number of ether oxygens (including phenoxy) is 1. The molecule has 1 saturated heterocycles. The van der Waals surface area contributed by atoms with Crippen LogP contribution in [0.4, 0.5) is 4.39 Å². The predicted octanol–water partition coefficient (Wildman–Crippen LogP) is 2.27. The van der Waals surface area contributed by atoms with Gasteiger partial charge < -0.3 is 19.7 Å². The van der Waals surface area contributed by atoms with E-state index in [4.69, 9.17) is 16.3 Å². The Morgan fingerprint density at radius 3 is 2.97 bits per heavy atom. The van der Waals surface area contributed by atoms with Gasteiger partial charge >= 0.3 is 0 Å². The number of pyridine rings is 1. The number of hydrogen-bond donors (Lipinski definition) is 2. The van der Waals surface area contributed by atoms with Crippen LogP contribution in [0.25, 0.3) is 0 Å². The molecule has 29 heavy (non-hydrogen) atoms. The molecule has 2 atom stereocenters. The molecule has 1 aromatic carbocycles. The summed E-state index contributed by atoms with van der Waals surface area (Å²) >= 11 is 5.72. The molecule has 1 aromatic heterocycles. The fraction of sp³-hybridized carbons (Fsp3) is 0.350. The Bertz CT molecular complexity index is 1070. The van der Waals surface area contributed by atoms with Crippen LogP contribution >= 0.6 is 11.6 Å². The molecule has 2 aliphatic heterocycles. The number of carbonyl (C=O) groups is 2. The molecule has 0 spiro atoms. The van der Waals surface area contributed by atoms with Crippen LogP contribution in [0.5, 0.6) is 5.75 Å². The van der Waals surface area contributed by atoms with Gasteiger partial charge in [0.2, 0.25) is 5.43 Å². The molecular formula is C20H18ClFN2O5. The van der Waals surface area contributed by atoms with E-state index >= 15 is 0 Å². The maximum atomic E-state index is 14.0. The number of benzene rings is 1. The average Bonchev–Trinajstić information content (AvgIpc) is 2.71. The molecule has 1 amide bonds. The first kappa shape index (κ1) is 19.6. The second kappa shape index (κ2) is 7.61. The average molecular weight is 421 g/mol. The summed E-state index contributed by atoms with van der Waals surface area (Å²) in [5, 5.41) is 12.7. The highest BCUT2D eigenvalue weighted by atomic mass is 35.5. The van der Waals surface area contributed by atoms with Gasteiger partial charge in [-0.15, -0.1) is 0 Å². The summed E-state index contributed by atoms with van der Waals surface area (Å²) in [7, 11) is 0. The third-order valence-electron chi connectivity index (χ3n) is 5.36. The molecule has 9 heteroatoms. The number of halogens is 2. The molecule has 0 aliphatic carbocycles. The van der Waals surface area contributed by atoms with Gasteiger partial charge in [0.05, 0.1) is 17.0 Å². The molecule has 0 unspecified atom stereocenters. The number of carbonyl (C=O) groups excluding carboxylic acids is 2. The lowest BCUT2D eigenvalue weighted by atomic mass is 9.85. The zero-order valence-corrected chi connectivity index (χ0v) is 16.0. The van der Waals surface area contributed by atoms with Crippen molar-refractivity contribution < 1.29 is 23.8 Å². The van der Waals surface area contributed by atoms with E-state index < -0.39 is 28.8 Å². The summed E-state index contributed by atoms with van der Waals surface area (Å²) in [6, 6.07) is 4.38. The van der Waals surface area contributed by atoms with Crippen molar-refractivity contribution in [3.05, 3.63) is 62.3 Å². The lowest BCUT2D eigenvalue weighted by Crippen LogP contribution is -2.45. The minimum absolute atomic E-state index is 0.0798. The summed E-state index contributed by atoms with van der Waals surface area (Å²) in [5.74, 6) is -2.96. The van der Waals surface area contributed by atoms with Crippen LogP contribution in [0.1, 0.15) is 39.3 Å². The molecule has 7 nitrogen and oxygen atoms in total. The van der Waals surface area contributed by atoms with Crippen molar-refractivity contribution in [1.29, 1.82) is 0 Å². The van der Waals surface area contributed by atoms with Crippen LogP contribution in [-0.2, 0) is 17.8 Å². The van der Waals surface area contributed by atoms with E-state index in [0.717, 1.165) is 6.42 Å². The van der Waals surface area contributed by atoms with E-state index in [-0.39, 0.29) is 46.8 Å². The van der Waals surface area contributed by atoms with Gasteiger partial charge in [-0.3, -0.25) is 14.4 Å². The predicted molar refractivity (Wildman–Crippen MR) is 102 cm³/mol. The summed E-state index contributed by atoms with van der Waals surface area (Å²) in [6.45, 7) is 0.594. The summed E-state index contributed by atoms with van der Waals surface area (Å²) in [6.07, 6.45) is 2.25. The second-order valence-electron chi connectivity index (χ2n) is 7.14. The molecule has 2 aromatic rings. The Kier molecular flexibility index (Phi) is 5.14. The topological polar surface area (TPSA) is 97.6 Å². The molecule has 152 valence electrons. The van der Waals surface area contributed by atoms with Crippen LogP contribution in [0, 0.1) is 11.7 Å². The molecule has 2 aliphatic rings. The third-order valence-corrected chi connectivity index (χ3v) is 5.65. The van der Waals surface area contributed by atoms with Crippen molar-refractivity contribution in [3.63, 3.8) is 0 Å². The first-order valence-corrected chi connectivity index (χ1v) is 9.59. The number of fused-ring (bicyclic) bond motifs is 2. The Hall–Kier alpha value is -2.71. The number of hydrogen-bond acceptors (Lipinski definition) is 5. The minimum atomic E-state index is -0.941. The number of rotatable bonds is 3. The number of nitrogens with one attached hydrogen (secondary N) is 1. The first-order chi connectivity index (χ1) is 13.9. The van der Waals surface area contributed by atoms with Crippen molar-refractivity contribution >= 4 is 23.3 Å². The van der Waals surface area contributed by atoms with E-state index in [1.165, 1.54) is 22.9 Å². The summed E-state index contributed by atoms with van der Waals surface area (Å²) < 4.78 is 21.0. The van der Waals surface area contributed by atoms with Crippen molar-refractivity contribution in [2.24, 2.45) is 5.92 Å². The highest BCUT2D eigenvalue weighted by Crippen LogP contribution is 2.32. The highest BCUT2D eigenvalue weighted by molar-refractivity contribution is 6.30. The van der Waals surface area contributed by atoms with E-state index in [2.05, 4.69) is 5.32 Å². The van der Waals surface area contributed by atoms with E-state index in [9.17, 15) is 23.9 Å². The normalized spacial score (nSPS) is 20.7. The second-order valence-corrected chi connectivity index (χ2v) is 7.55. The van der Waals surface area contributed by atoms with Crippen LogP contribution in [0.2, 0.25) is 5.02 Å². The maximum Gasteiger partial charge on any atom is 0.257 e. The van der Waals surface area contributed by atoms with E-state index in [1.54, 1.807) is 6.07 Å². The SMILES string of the molecule is O=C(NCc1cccc(Cl)c1F)c1cn2c(c(O)c1=O)C(=O)[C@H]1CCCO[C@@H]1C2. The molecule has 0 radical (unpaired) electrons. The molecule has 2 N–H and O–H groups in total. The quantitative estimate of drug-likeness (QED) is 0.793. The largest absolute Gasteiger partial charge is 0.503 e. The molecule has 1 fully saturated rings. The number of ketones is 1. The van der Waals surface area contributed by atoms with Gasteiger partial charge in [-0.25, -0.2) is 4.39 Å². The van der Waals surface area contributed by atoms with Gasteiger partial charge in [0.25, 0.3) is 5.91 Å². The molecule has 4 rings (SSSR count). The smallest absolute Gasteiger partial charge is 0.257 e. The number of amides is 1. The van der Waals surface area contributed by atoms with Gasteiger partial charge in [0.1, 0.15) is 17.1 Å². The first-order valence-electron chi connectivity index (χ1n) is 9.21. The number of Topliss-reactive ketones (excluding diaryl/α,β-unsaturated/α-hetero) is 1. The fourth-order valence-electron chi connectivity index (χ4n) is 3.86. The zero-order valence-electron chi connectivity index (χ0n) is 15.3. The van der Waals surface area contributed by atoms with Crippen LogP contribution in [0.3, 0.4) is 0 Å². The monoisotopic (exact) mass is 420 g/mol. The van der Waals surface area contributed by atoms with Gasteiger partial charge in [-0.05, 0) is 18.9 Å².